The van der Waals surface area contributed by atoms with Gasteiger partial charge in [-0.25, -0.2) is 9.59 Å². The Hall–Kier alpha value is -2.19. The maximum atomic E-state index is 12.5. The molecule has 1 heterocycles. The lowest BCUT2D eigenvalue weighted by molar-refractivity contribution is 0.0601. The summed E-state index contributed by atoms with van der Waals surface area (Å²) in [6.07, 6.45) is 0.632. The van der Waals surface area contributed by atoms with Crippen LogP contribution in [0.2, 0.25) is 25.7 Å². The van der Waals surface area contributed by atoms with Crippen LogP contribution in [0.1, 0.15) is 20.7 Å². The van der Waals surface area contributed by atoms with Crippen molar-refractivity contribution >= 4 is 31.4 Å². The van der Waals surface area contributed by atoms with Gasteiger partial charge in [0, 0.05) is 27.3 Å². The molecule has 1 aromatic carbocycles. The van der Waals surface area contributed by atoms with Crippen molar-refractivity contribution < 1.29 is 19.1 Å². The zero-order valence-corrected chi connectivity index (χ0v) is 16.3. The normalized spacial score (nSPS) is 11.7. The first-order valence-corrected chi connectivity index (χ1v) is 11.7. The number of benzene rings is 1. The van der Waals surface area contributed by atoms with Crippen molar-refractivity contribution in [2.45, 2.75) is 32.4 Å². The van der Waals surface area contributed by atoms with Crippen molar-refractivity contribution in [2.24, 2.45) is 7.05 Å². The van der Waals surface area contributed by atoms with Crippen LogP contribution in [0.3, 0.4) is 0 Å². The Labute approximate surface area is 147 Å². The average molecular weight is 364 g/mol. The number of hydrogen-bond acceptors (Lipinski definition) is 5. The van der Waals surface area contributed by atoms with Crippen LogP contribution in [-0.2, 0) is 23.3 Å². The second-order valence-electron chi connectivity index (χ2n) is 7.16. The molecule has 0 saturated heterocycles. The topological polar surface area (TPSA) is 79.5 Å². The minimum atomic E-state index is -1.22. The molecule has 0 unspecified atom stereocenters. The van der Waals surface area contributed by atoms with Gasteiger partial charge < -0.3 is 9.47 Å². The van der Waals surface area contributed by atoms with E-state index in [0.717, 1.165) is 6.04 Å². The number of ether oxygens (including phenoxy) is 2. The van der Waals surface area contributed by atoms with Gasteiger partial charge in [-0.3, -0.25) is 13.9 Å². The highest BCUT2D eigenvalue weighted by molar-refractivity contribution is 6.76. The van der Waals surface area contributed by atoms with Crippen LogP contribution in [0.5, 0.6) is 0 Å². The predicted octanol–water partition coefficient (Wildman–Crippen LogP) is 2.25. The molecular weight excluding hydrogens is 340 g/mol. The lowest BCUT2D eigenvalue weighted by atomic mass is 10.1. The first-order chi connectivity index (χ1) is 11.7. The molecule has 0 N–H and O–H groups in total. The number of esters is 1. The third-order valence-corrected chi connectivity index (χ3v) is 5.74. The lowest BCUT2D eigenvalue weighted by Gasteiger charge is -2.15. The number of aldehydes is 1. The van der Waals surface area contributed by atoms with Crippen LogP contribution in [0.4, 0.5) is 0 Å². The fourth-order valence-electron chi connectivity index (χ4n) is 2.55. The minimum absolute atomic E-state index is 0.0685. The smallest absolute Gasteiger partial charge is 0.337 e. The van der Waals surface area contributed by atoms with Crippen molar-refractivity contribution in [1.82, 2.24) is 9.13 Å². The summed E-state index contributed by atoms with van der Waals surface area (Å²) in [4.78, 5) is 35.8. The van der Waals surface area contributed by atoms with E-state index in [1.54, 1.807) is 13.1 Å². The summed E-state index contributed by atoms with van der Waals surface area (Å²) < 4.78 is 13.2. The van der Waals surface area contributed by atoms with Crippen molar-refractivity contribution in [3.63, 3.8) is 0 Å². The molecule has 25 heavy (non-hydrogen) atoms. The number of fused-ring (bicyclic) bond motifs is 1. The monoisotopic (exact) mass is 364 g/mol. The van der Waals surface area contributed by atoms with Gasteiger partial charge in [0.05, 0.1) is 23.7 Å². The highest BCUT2D eigenvalue weighted by Gasteiger charge is 2.19. The van der Waals surface area contributed by atoms with Crippen molar-refractivity contribution in [3.8, 4) is 0 Å². The van der Waals surface area contributed by atoms with Crippen LogP contribution in [0.25, 0.3) is 11.0 Å². The van der Waals surface area contributed by atoms with Gasteiger partial charge in [-0.1, -0.05) is 19.6 Å². The molecule has 0 amide bonds. The molecule has 0 radical (unpaired) electrons. The Morgan fingerprint density at radius 3 is 2.52 bits per heavy atom. The van der Waals surface area contributed by atoms with Crippen molar-refractivity contribution in [3.05, 3.63) is 33.7 Å². The van der Waals surface area contributed by atoms with Gasteiger partial charge in [0.25, 0.3) is 0 Å². The largest absolute Gasteiger partial charge is 0.465 e. The maximum absolute atomic E-state index is 12.5. The Kier molecular flexibility index (Phi) is 5.64. The molecule has 0 aliphatic rings. The number of imidazole rings is 1. The van der Waals surface area contributed by atoms with E-state index in [0.29, 0.717) is 23.9 Å². The van der Waals surface area contributed by atoms with E-state index in [1.165, 1.54) is 22.3 Å². The van der Waals surface area contributed by atoms with Crippen LogP contribution >= 0.6 is 0 Å². The van der Waals surface area contributed by atoms with Crippen molar-refractivity contribution in [1.29, 1.82) is 0 Å². The summed E-state index contributed by atoms with van der Waals surface area (Å²) in [6.45, 7) is 7.38. The van der Waals surface area contributed by atoms with E-state index in [1.807, 2.05) is 0 Å². The Bertz CT molecular complexity index is 861. The molecule has 0 fully saturated rings. The van der Waals surface area contributed by atoms with Gasteiger partial charge in [-0.05, 0) is 18.2 Å². The van der Waals surface area contributed by atoms with Crippen LogP contribution in [-0.4, -0.2) is 43.2 Å². The number of hydrogen-bond donors (Lipinski definition) is 0. The summed E-state index contributed by atoms with van der Waals surface area (Å²) in [7, 11) is 1.64. The summed E-state index contributed by atoms with van der Waals surface area (Å²) in [5.74, 6) is -0.559. The first kappa shape index (κ1) is 19.1. The molecule has 0 aliphatic heterocycles. The van der Waals surface area contributed by atoms with E-state index in [2.05, 4.69) is 19.6 Å². The number of aromatic nitrogens is 2. The SMILES string of the molecule is COC(=O)c1cc(C=O)c2c(c1)n(C)c(=O)n2COCC[Si](C)(C)C. The standard InChI is InChI=1S/C17H24N2O5Si/c1-18-14-9-12(16(21)23-2)8-13(10-20)15(14)19(17(18)22)11-24-6-7-25(3,4)5/h8-10H,6-7,11H2,1-5H3. The van der Waals surface area contributed by atoms with Gasteiger partial charge in [0.15, 0.2) is 6.29 Å². The molecule has 8 heteroatoms. The Morgan fingerprint density at radius 2 is 1.96 bits per heavy atom. The van der Waals surface area contributed by atoms with Crippen LogP contribution in [0, 0.1) is 0 Å². The number of carbonyl (C=O) groups excluding carboxylic acids is 2. The molecule has 2 rings (SSSR count). The predicted molar refractivity (Wildman–Crippen MR) is 98.0 cm³/mol. The summed E-state index contributed by atoms with van der Waals surface area (Å²) in [6, 6.07) is 3.97. The third-order valence-electron chi connectivity index (χ3n) is 4.03. The molecule has 7 nitrogen and oxygen atoms in total. The number of carbonyl (C=O) groups is 2. The van der Waals surface area contributed by atoms with Gasteiger partial charge in [-0.15, -0.1) is 0 Å². The van der Waals surface area contributed by atoms with Gasteiger partial charge in [0.1, 0.15) is 6.73 Å². The third kappa shape index (κ3) is 4.08. The molecule has 0 aliphatic carbocycles. The van der Waals surface area contributed by atoms with E-state index in [4.69, 9.17) is 9.47 Å². The summed E-state index contributed by atoms with van der Waals surface area (Å²) in [5, 5.41) is 0. The zero-order chi connectivity index (χ0) is 18.8. The zero-order valence-electron chi connectivity index (χ0n) is 15.3. The summed E-state index contributed by atoms with van der Waals surface area (Å²) in [5.41, 5.74) is 1.13. The number of aryl methyl sites for hydroxylation is 1. The van der Waals surface area contributed by atoms with Crippen LogP contribution in [0.15, 0.2) is 16.9 Å². The average Bonchev–Trinajstić information content (AvgIpc) is 2.81. The molecule has 136 valence electrons. The first-order valence-electron chi connectivity index (χ1n) is 8.04. The second kappa shape index (κ2) is 7.36. The van der Waals surface area contributed by atoms with E-state index >= 15 is 0 Å². The Balaban J connectivity index is 2.44. The minimum Gasteiger partial charge on any atom is -0.465 e. The van der Waals surface area contributed by atoms with E-state index in [9.17, 15) is 14.4 Å². The molecule has 2 aromatic rings. The van der Waals surface area contributed by atoms with Gasteiger partial charge >= 0.3 is 11.7 Å². The Morgan fingerprint density at radius 1 is 1.28 bits per heavy atom. The molecule has 0 bridgehead atoms. The van der Waals surface area contributed by atoms with Gasteiger partial charge in [-0.2, -0.15) is 0 Å². The second-order valence-corrected chi connectivity index (χ2v) is 12.8. The highest BCUT2D eigenvalue weighted by atomic mass is 28.3. The molecular formula is C17H24N2O5Si. The summed E-state index contributed by atoms with van der Waals surface area (Å²) >= 11 is 0. The number of nitrogens with zero attached hydrogens (tertiary/aromatic N) is 2. The number of methoxy groups -OCH3 is 1. The van der Waals surface area contributed by atoms with Crippen LogP contribution < -0.4 is 5.69 Å². The maximum Gasteiger partial charge on any atom is 0.337 e. The molecule has 0 spiro atoms. The fourth-order valence-corrected chi connectivity index (χ4v) is 3.31. The molecule has 1 aromatic heterocycles. The molecule has 0 atom stereocenters. The fraction of sp³-hybridized carbons (Fsp3) is 0.471. The lowest BCUT2D eigenvalue weighted by Crippen LogP contribution is -2.25. The number of rotatable bonds is 7. The quantitative estimate of drug-likeness (QED) is 0.326. The van der Waals surface area contributed by atoms with Gasteiger partial charge in [0.2, 0.25) is 0 Å². The highest BCUT2D eigenvalue weighted by Crippen LogP contribution is 2.20. The van der Waals surface area contributed by atoms with E-state index < -0.39 is 14.0 Å². The van der Waals surface area contributed by atoms with E-state index in [-0.39, 0.29) is 23.5 Å². The molecule has 0 saturated carbocycles. The van der Waals surface area contributed by atoms with Crippen molar-refractivity contribution in [2.75, 3.05) is 13.7 Å².